The van der Waals surface area contributed by atoms with Crippen LogP contribution in [-0.2, 0) is 9.59 Å². The summed E-state index contributed by atoms with van der Waals surface area (Å²) in [5.74, 6) is -2.92. The zero-order valence-electron chi connectivity index (χ0n) is 13.7. The Kier molecular flexibility index (Phi) is 5.71. The molecular formula is C17H13ClF5NO3. The van der Waals surface area contributed by atoms with Crippen LogP contribution >= 0.6 is 11.6 Å². The van der Waals surface area contributed by atoms with Crippen LogP contribution in [0.2, 0.25) is 5.02 Å². The first-order valence-corrected chi connectivity index (χ1v) is 8.01. The summed E-state index contributed by atoms with van der Waals surface area (Å²) in [7, 11) is 0. The van der Waals surface area contributed by atoms with Crippen molar-refractivity contribution in [2.24, 2.45) is 0 Å². The fourth-order valence-electron chi connectivity index (χ4n) is 2.92. The lowest BCUT2D eigenvalue weighted by Crippen LogP contribution is -2.56. The lowest BCUT2D eigenvalue weighted by Gasteiger charge is -2.43. The van der Waals surface area contributed by atoms with Crippen LogP contribution in [0, 0.1) is 12.3 Å². The number of carbonyl (C=O) groups excluding carboxylic acids is 2. The monoisotopic (exact) mass is 409 g/mol. The van der Waals surface area contributed by atoms with Crippen LogP contribution < -0.4 is 9.64 Å². The van der Waals surface area contributed by atoms with Crippen LogP contribution in [0.4, 0.5) is 27.6 Å². The van der Waals surface area contributed by atoms with Crippen LogP contribution in [0.25, 0.3) is 0 Å². The van der Waals surface area contributed by atoms with Crippen molar-refractivity contribution in [1.29, 1.82) is 0 Å². The van der Waals surface area contributed by atoms with E-state index in [1.165, 1.54) is 0 Å². The normalized spacial score (nSPS) is 18.3. The van der Waals surface area contributed by atoms with Gasteiger partial charge in [0.1, 0.15) is 17.6 Å². The summed E-state index contributed by atoms with van der Waals surface area (Å²) in [5, 5.41) is -0.498. The maximum Gasteiger partial charge on any atom is 0.573 e. The SMILES string of the molecule is C#CC(=O)N(c1ccc(OC(F)(F)F)c(Cl)c1)C1(C=O)CCC(F)(F)CC1. The lowest BCUT2D eigenvalue weighted by molar-refractivity contribution is -0.274. The molecule has 4 nitrogen and oxygen atoms in total. The Balaban J connectivity index is 2.46. The maximum absolute atomic E-state index is 13.5. The topological polar surface area (TPSA) is 46.6 Å². The number of nitrogens with zero attached hydrogens (tertiary/aromatic N) is 1. The van der Waals surface area contributed by atoms with E-state index in [1.807, 2.05) is 0 Å². The number of hydrogen-bond donors (Lipinski definition) is 0. The number of halogens is 6. The van der Waals surface area contributed by atoms with E-state index in [4.69, 9.17) is 18.0 Å². The van der Waals surface area contributed by atoms with Crippen LogP contribution in [-0.4, -0.2) is 30.0 Å². The number of terminal acetylenes is 1. The molecule has 0 atom stereocenters. The average molecular weight is 410 g/mol. The summed E-state index contributed by atoms with van der Waals surface area (Å²) in [6, 6.07) is 2.84. The highest BCUT2D eigenvalue weighted by Crippen LogP contribution is 2.43. The minimum absolute atomic E-state index is 0.102. The van der Waals surface area contributed by atoms with Gasteiger partial charge in [0.2, 0.25) is 5.92 Å². The number of benzene rings is 1. The van der Waals surface area contributed by atoms with Crippen LogP contribution in [0.3, 0.4) is 0 Å². The Morgan fingerprint density at radius 2 is 1.85 bits per heavy atom. The minimum Gasteiger partial charge on any atom is -0.404 e. The van der Waals surface area contributed by atoms with Crippen LogP contribution in [0.1, 0.15) is 25.7 Å². The number of amides is 1. The molecule has 0 aromatic heterocycles. The van der Waals surface area contributed by atoms with Gasteiger partial charge in [-0.3, -0.25) is 9.69 Å². The van der Waals surface area contributed by atoms with E-state index in [0.717, 1.165) is 23.1 Å². The zero-order chi connectivity index (χ0) is 20.5. The van der Waals surface area contributed by atoms with Gasteiger partial charge >= 0.3 is 12.3 Å². The molecule has 0 N–H and O–H groups in total. The maximum atomic E-state index is 13.5. The molecule has 1 amide bonds. The smallest absolute Gasteiger partial charge is 0.404 e. The summed E-state index contributed by atoms with van der Waals surface area (Å²) in [6.07, 6.45) is -1.54. The Bertz CT molecular complexity index is 778. The number of rotatable bonds is 4. The van der Waals surface area contributed by atoms with Crippen molar-refractivity contribution in [3.05, 3.63) is 23.2 Å². The molecule has 0 heterocycles. The molecule has 146 valence electrons. The number of hydrogen-bond acceptors (Lipinski definition) is 3. The van der Waals surface area contributed by atoms with Crippen LogP contribution in [0.5, 0.6) is 5.75 Å². The summed E-state index contributed by atoms with van der Waals surface area (Å²) >= 11 is 5.78. The van der Waals surface area contributed by atoms with E-state index in [2.05, 4.69) is 4.74 Å². The molecule has 10 heteroatoms. The quantitative estimate of drug-likeness (QED) is 0.422. The molecule has 0 saturated heterocycles. The molecule has 27 heavy (non-hydrogen) atoms. The summed E-state index contributed by atoms with van der Waals surface area (Å²) in [4.78, 5) is 24.8. The number of anilines is 1. The predicted octanol–water partition coefficient (Wildman–Crippen LogP) is 4.35. The molecule has 0 unspecified atom stereocenters. The Morgan fingerprint density at radius 1 is 1.26 bits per heavy atom. The molecular weight excluding hydrogens is 397 g/mol. The molecule has 1 aliphatic carbocycles. The minimum atomic E-state index is -4.99. The van der Waals surface area contributed by atoms with Gasteiger partial charge in [-0.1, -0.05) is 11.6 Å². The van der Waals surface area contributed by atoms with Gasteiger partial charge in [0.25, 0.3) is 0 Å². The highest BCUT2D eigenvalue weighted by molar-refractivity contribution is 6.32. The second-order valence-corrected chi connectivity index (χ2v) is 6.43. The third-order valence-corrected chi connectivity index (χ3v) is 4.53. The first-order chi connectivity index (χ1) is 12.4. The van der Waals surface area contributed by atoms with Gasteiger partial charge in [0.15, 0.2) is 0 Å². The predicted molar refractivity (Wildman–Crippen MR) is 86.7 cm³/mol. The summed E-state index contributed by atoms with van der Waals surface area (Å²) in [5.41, 5.74) is -1.75. The third-order valence-electron chi connectivity index (χ3n) is 4.24. The van der Waals surface area contributed by atoms with Crippen molar-refractivity contribution in [3.8, 4) is 18.1 Å². The molecule has 1 aliphatic rings. The van der Waals surface area contributed by atoms with Crippen molar-refractivity contribution >= 4 is 29.5 Å². The number of ether oxygens (including phenoxy) is 1. The first kappa shape index (κ1) is 21.0. The molecule has 0 spiro atoms. The molecule has 1 saturated carbocycles. The Hall–Kier alpha value is -2.34. The summed E-state index contributed by atoms with van der Waals surface area (Å²) < 4.78 is 67.8. The van der Waals surface area contributed by atoms with Gasteiger partial charge in [-0.2, -0.15) is 0 Å². The second kappa shape index (κ2) is 7.35. The number of alkyl halides is 5. The van der Waals surface area contributed by atoms with Gasteiger partial charge in [0.05, 0.1) is 5.02 Å². The zero-order valence-corrected chi connectivity index (χ0v) is 14.4. The van der Waals surface area contributed by atoms with E-state index in [-0.39, 0.29) is 18.5 Å². The largest absolute Gasteiger partial charge is 0.573 e. The van der Waals surface area contributed by atoms with Crippen molar-refractivity contribution in [2.75, 3.05) is 4.90 Å². The van der Waals surface area contributed by atoms with E-state index < -0.39 is 47.3 Å². The van der Waals surface area contributed by atoms with E-state index in [1.54, 1.807) is 5.92 Å². The van der Waals surface area contributed by atoms with Crippen LogP contribution in [0.15, 0.2) is 18.2 Å². The van der Waals surface area contributed by atoms with Gasteiger partial charge in [-0.05, 0) is 37.0 Å². The number of aldehydes is 1. The highest BCUT2D eigenvalue weighted by atomic mass is 35.5. The van der Waals surface area contributed by atoms with Gasteiger partial charge < -0.3 is 9.53 Å². The second-order valence-electron chi connectivity index (χ2n) is 6.02. The Labute approximate surface area is 156 Å². The molecule has 2 rings (SSSR count). The fourth-order valence-corrected chi connectivity index (χ4v) is 3.13. The van der Waals surface area contributed by atoms with Crippen molar-refractivity contribution < 1.29 is 36.3 Å². The molecule has 0 aliphatic heterocycles. The van der Waals surface area contributed by atoms with Crippen molar-refractivity contribution in [3.63, 3.8) is 0 Å². The lowest BCUT2D eigenvalue weighted by atomic mass is 9.79. The standard InChI is InChI=1S/C17H13ClF5NO3/c1-2-14(26)24(15(10-25)5-7-16(19,20)8-6-15)11-3-4-13(12(18)9-11)27-17(21,22)23/h1,3-4,9-10H,5-8H2. The average Bonchev–Trinajstić information content (AvgIpc) is 2.58. The number of carbonyl (C=O) groups is 2. The van der Waals surface area contributed by atoms with Gasteiger partial charge in [-0.25, -0.2) is 8.78 Å². The van der Waals surface area contributed by atoms with E-state index in [9.17, 15) is 31.5 Å². The van der Waals surface area contributed by atoms with Crippen molar-refractivity contribution in [1.82, 2.24) is 0 Å². The van der Waals surface area contributed by atoms with E-state index >= 15 is 0 Å². The Morgan fingerprint density at radius 3 is 2.30 bits per heavy atom. The molecule has 1 aromatic carbocycles. The fraction of sp³-hybridized carbons (Fsp3) is 0.412. The third kappa shape index (κ3) is 4.69. The molecule has 1 aromatic rings. The van der Waals surface area contributed by atoms with Crippen molar-refractivity contribution in [2.45, 2.75) is 43.5 Å². The molecule has 1 fully saturated rings. The van der Waals surface area contributed by atoms with Gasteiger partial charge in [-0.15, -0.1) is 19.6 Å². The van der Waals surface area contributed by atoms with E-state index in [0.29, 0.717) is 6.29 Å². The highest BCUT2D eigenvalue weighted by Gasteiger charge is 2.48. The molecule has 0 radical (unpaired) electrons. The summed E-state index contributed by atoms with van der Waals surface area (Å²) in [6.45, 7) is 0. The first-order valence-electron chi connectivity index (χ1n) is 7.63. The molecule has 0 bridgehead atoms. The van der Waals surface area contributed by atoms with Gasteiger partial charge in [0, 0.05) is 18.5 Å².